The molecule has 1 aliphatic rings. The number of halogens is 3. The number of hydrogen-bond donors (Lipinski definition) is 2. The molecule has 2 N–H and O–H groups in total. The molecule has 1 amide bonds. The number of carboxylic acid groups (broad SMARTS) is 1. The van der Waals surface area contributed by atoms with E-state index in [1.807, 2.05) is 0 Å². The second-order valence-corrected chi connectivity index (χ2v) is 6.61. The van der Waals surface area contributed by atoms with Crippen molar-refractivity contribution >= 4 is 17.6 Å². The molecule has 0 saturated heterocycles. The van der Waals surface area contributed by atoms with E-state index < -0.39 is 18.1 Å². The minimum absolute atomic E-state index is 0.0137. The molecule has 0 radical (unpaired) electrons. The fourth-order valence-electron chi connectivity index (χ4n) is 3.22. The van der Waals surface area contributed by atoms with E-state index in [1.54, 1.807) is 24.3 Å². The Morgan fingerprint density at radius 1 is 1.16 bits per heavy atom. The average molecular weight is 357 g/mol. The molecule has 1 aromatic rings. The molecule has 1 aromatic carbocycles. The number of aliphatic carboxylic acids is 1. The molecular weight excluding hydrogens is 335 g/mol. The predicted molar refractivity (Wildman–Crippen MR) is 87.1 cm³/mol. The molecule has 138 valence electrons. The summed E-state index contributed by atoms with van der Waals surface area (Å²) in [6.45, 7) is 0. The summed E-state index contributed by atoms with van der Waals surface area (Å²) in [4.78, 5) is 22.7. The second kappa shape index (κ2) is 8.36. The molecule has 0 atom stereocenters. The Labute approximate surface area is 144 Å². The van der Waals surface area contributed by atoms with Gasteiger partial charge in [0.2, 0.25) is 5.91 Å². The number of benzene rings is 1. The lowest BCUT2D eigenvalue weighted by Crippen LogP contribution is -2.29. The summed E-state index contributed by atoms with van der Waals surface area (Å²) in [5.41, 5.74) is 1.39. The van der Waals surface area contributed by atoms with Gasteiger partial charge in [0, 0.05) is 18.5 Å². The van der Waals surface area contributed by atoms with Gasteiger partial charge < -0.3 is 10.4 Å². The molecule has 0 aliphatic heterocycles. The van der Waals surface area contributed by atoms with Crippen LogP contribution in [0.25, 0.3) is 0 Å². The molecule has 2 rings (SSSR count). The summed E-state index contributed by atoms with van der Waals surface area (Å²) >= 11 is 0. The minimum Gasteiger partial charge on any atom is -0.481 e. The summed E-state index contributed by atoms with van der Waals surface area (Å²) in [5.74, 6) is -2.36. The lowest BCUT2D eigenvalue weighted by Gasteiger charge is -2.29. The van der Waals surface area contributed by atoms with E-state index in [-0.39, 0.29) is 37.5 Å². The van der Waals surface area contributed by atoms with Gasteiger partial charge in [0.1, 0.15) is 0 Å². The second-order valence-electron chi connectivity index (χ2n) is 6.61. The monoisotopic (exact) mass is 357 g/mol. The van der Waals surface area contributed by atoms with Gasteiger partial charge in [-0.1, -0.05) is 12.1 Å². The number of carboxylic acids is 1. The zero-order valence-corrected chi connectivity index (χ0v) is 13.8. The van der Waals surface area contributed by atoms with Crippen LogP contribution in [-0.2, 0) is 16.0 Å². The maximum absolute atomic E-state index is 12.7. The fraction of sp³-hybridized carbons (Fsp3) is 0.556. The highest BCUT2D eigenvalue weighted by molar-refractivity contribution is 5.90. The first kappa shape index (κ1) is 19.3. The molecule has 7 heteroatoms. The largest absolute Gasteiger partial charge is 0.481 e. The van der Waals surface area contributed by atoms with Crippen molar-refractivity contribution in [2.45, 2.75) is 51.1 Å². The summed E-state index contributed by atoms with van der Waals surface area (Å²) in [6.07, 6.45) is -2.53. The van der Waals surface area contributed by atoms with E-state index in [2.05, 4.69) is 5.32 Å². The first-order valence-electron chi connectivity index (χ1n) is 8.41. The zero-order chi connectivity index (χ0) is 18.4. The lowest BCUT2D eigenvalue weighted by atomic mass is 9.80. The van der Waals surface area contributed by atoms with Crippen LogP contribution in [0.3, 0.4) is 0 Å². The molecule has 0 aromatic heterocycles. The van der Waals surface area contributed by atoms with Crippen LogP contribution in [0.5, 0.6) is 0 Å². The van der Waals surface area contributed by atoms with E-state index in [0.29, 0.717) is 24.9 Å². The van der Waals surface area contributed by atoms with Crippen molar-refractivity contribution in [3.05, 3.63) is 29.8 Å². The molecule has 1 fully saturated rings. The van der Waals surface area contributed by atoms with Gasteiger partial charge in [-0.05, 0) is 55.7 Å². The summed E-state index contributed by atoms with van der Waals surface area (Å²) in [6, 6.07) is 6.96. The highest BCUT2D eigenvalue weighted by Crippen LogP contribution is 2.40. The van der Waals surface area contributed by atoms with E-state index in [0.717, 1.165) is 5.56 Å². The molecule has 25 heavy (non-hydrogen) atoms. The quantitative estimate of drug-likeness (QED) is 0.793. The van der Waals surface area contributed by atoms with Gasteiger partial charge >= 0.3 is 12.1 Å². The molecule has 1 aliphatic carbocycles. The average Bonchev–Trinajstić information content (AvgIpc) is 2.53. The molecule has 1 saturated carbocycles. The van der Waals surface area contributed by atoms with E-state index in [1.165, 1.54) is 0 Å². The molecule has 0 heterocycles. The van der Waals surface area contributed by atoms with Crippen molar-refractivity contribution in [2.75, 3.05) is 5.32 Å². The van der Waals surface area contributed by atoms with Crippen molar-refractivity contribution < 1.29 is 27.9 Å². The van der Waals surface area contributed by atoms with Crippen molar-refractivity contribution in [1.82, 2.24) is 0 Å². The molecule has 0 bridgehead atoms. The van der Waals surface area contributed by atoms with Gasteiger partial charge in [-0.15, -0.1) is 0 Å². The number of carbonyl (C=O) groups is 2. The third-order valence-corrected chi connectivity index (χ3v) is 4.62. The Hall–Kier alpha value is -2.05. The van der Waals surface area contributed by atoms with Crippen molar-refractivity contribution in [1.29, 1.82) is 0 Å². The molecule has 0 spiro atoms. The Morgan fingerprint density at radius 2 is 1.84 bits per heavy atom. The van der Waals surface area contributed by atoms with Gasteiger partial charge in [-0.3, -0.25) is 9.59 Å². The van der Waals surface area contributed by atoms with Crippen LogP contribution < -0.4 is 5.32 Å². The SMILES string of the molecule is O=C(O)CCc1cccc(NC(=O)CC2CCC(C(F)(F)F)CC2)c1. The zero-order valence-electron chi connectivity index (χ0n) is 13.8. The van der Waals surface area contributed by atoms with Gasteiger partial charge in [-0.2, -0.15) is 13.2 Å². The Morgan fingerprint density at radius 3 is 2.44 bits per heavy atom. The smallest absolute Gasteiger partial charge is 0.391 e. The van der Waals surface area contributed by atoms with Crippen molar-refractivity contribution in [2.24, 2.45) is 11.8 Å². The summed E-state index contributed by atoms with van der Waals surface area (Å²) < 4.78 is 38.0. The maximum atomic E-state index is 12.7. The standard InChI is InChI=1S/C18H22F3NO3/c19-18(20,21)14-7-4-13(5-8-14)11-16(23)22-15-3-1-2-12(10-15)6-9-17(24)25/h1-3,10,13-14H,4-9,11H2,(H,22,23)(H,24,25). The van der Waals surface area contributed by atoms with Gasteiger partial charge in [0.05, 0.1) is 5.92 Å². The van der Waals surface area contributed by atoms with Gasteiger partial charge in [-0.25, -0.2) is 0 Å². The molecule has 0 unspecified atom stereocenters. The number of amides is 1. The Bertz CT molecular complexity index is 608. The Balaban J connectivity index is 1.81. The topological polar surface area (TPSA) is 66.4 Å². The number of nitrogens with one attached hydrogen (secondary N) is 1. The number of carbonyl (C=O) groups excluding carboxylic acids is 1. The van der Waals surface area contributed by atoms with Crippen LogP contribution in [0.1, 0.15) is 44.1 Å². The lowest BCUT2D eigenvalue weighted by molar-refractivity contribution is -0.184. The molecular formula is C18H22F3NO3. The number of aryl methyl sites for hydroxylation is 1. The van der Waals surface area contributed by atoms with Crippen LogP contribution in [-0.4, -0.2) is 23.2 Å². The third-order valence-electron chi connectivity index (χ3n) is 4.62. The van der Waals surface area contributed by atoms with Gasteiger partial charge in [0.15, 0.2) is 0 Å². The fourth-order valence-corrected chi connectivity index (χ4v) is 3.22. The van der Waals surface area contributed by atoms with Crippen LogP contribution in [0.2, 0.25) is 0 Å². The predicted octanol–water partition coefficient (Wildman–Crippen LogP) is 4.40. The summed E-state index contributed by atoms with van der Waals surface area (Å²) in [7, 11) is 0. The van der Waals surface area contributed by atoms with Crippen LogP contribution in [0.15, 0.2) is 24.3 Å². The van der Waals surface area contributed by atoms with E-state index >= 15 is 0 Å². The van der Waals surface area contributed by atoms with Crippen LogP contribution in [0.4, 0.5) is 18.9 Å². The number of rotatable bonds is 6. The van der Waals surface area contributed by atoms with Crippen LogP contribution in [0, 0.1) is 11.8 Å². The summed E-state index contributed by atoms with van der Waals surface area (Å²) in [5, 5.41) is 11.5. The molecule has 4 nitrogen and oxygen atoms in total. The minimum atomic E-state index is -4.14. The number of hydrogen-bond acceptors (Lipinski definition) is 2. The number of anilines is 1. The van der Waals surface area contributed by atoms with Crippen LogP contribution >= 0.6 is 0 Å². The highest BCUT2D eigenvalue weighted by atomic mass is 19.4. The van der Waals surface area contributed by atoms with Gasteiger partial charge in [0.25, 0.3) is 0 Å². The van der Waals surface area contributed by atoms with Crippen molar-refractivity contribution in [3.8, 4) is 0 Å². The third kappa shape index (κ3) is 6.40. The first-order valence-corrected chi connectivity index (χ1v) is 8.41. The highest BCUT2D eigenvalue weighted by Gasteiger charge is 2.41. The first-order chi connectivity index (χ1) is 11.7. The normalized spacial score (nSPS) is 20.9. The number of alkyl halides is 3. The maximum Gasteiger partial charge on any atom is 0.391 e. The van der Waals surface area contributed by atoms with Crippen molar-refractivity contribution in [3.63, 3.8) is 0 Å². The van der Waals surface area contributed by atoms with E-state index in [9.17, 15) is 22.8 Å². The van der Waals surface area contributed by atoms with E-state index in [4.69, 9.17) is 5.11 Å². The Kier molecular flexibility index (Phi) is 6.45.